The van der Waals surface area contributed by atoms with Crippen LogP contribution in [-0.2, 0) is 6.54 Å². The number of hydrogen-bond donors (Lipinski definition) is 2. The summed E-state index contributed by atoms with van der Waals surface area (Å²) in [6.07, 6.45) is 1.12. The summed E-state index contributed by atoms with van der Waals surface area (Å²) in [6, 6.07) is 15.0. The zero-order chi connectivity index (χ0) is 17.8. The lowest BCUT2D eigenvalue weighted by molar-refractivity contribution is 0.169. The third-order valence-electron chi connectivity index (χ3n) is 5.23. The van der Waals surface area contributed by atoms with E-state index in [2.05, 4.69) is 28.8 Å². The summed E-state index contributed by atoms with van der Waals surface area (Å²) in [6.45, 7) is 4.01. The van der Waals surface area contributed by atoms with Crippen LogP contribution in [0.4, 0.5) is 0 Å². The Morgan fingerprint density at radius 2 is 1.96 bits per heavy atom. The average molecular weight is 354 g/mol. The molecule has 2 unspecified atom stereocenters. The van der Waals surface area contributed by atoms with Gasteiger partial charge in [0.2, 0.25) is 0 Å². The predicted octanol–water partition coefficient (Wildman–Crippen LogP) is 2.70. The number of rotatable bonds is 5. The van der Waals surface area contributed by atoms with Crippen molar-refractivity contribution in [2.45, 2.75) is 24.9 Å². The highest BCUT2D eigenvalue weighted by Gasteiger charge is 2.26. The molecule has 0 amide bonds. The molecule has 0 bridgehead atoms. The highest BCUT2D eigenvalue weighted by molar-refractivity contribution is 5.47. The number of nitrogens with one attached hydrogen (secondary N) is 2. The van der Waals surface area contributed by atoms with Crippen LogP contribution < -0.4 is 24.8 Å². The van der Waals surface area contributed by atoms with E-state index in [1.165, 1.54) is 5.56 Å². The number of para-hydroxylation sites is 1. The highest BCUT2D eigenvalue weighted by Crippen LogP contribution is 2.34. The van der Waals surface area contributed by atoms with E-state index in [1.54, 1.807) is 7.11 Å². The van der Waals surface area contributed by atoms with Gasteiger partial charge in [-0.25, -0.2) is 0 Å². The van der Waals surface area contributed by atoms with Crippen LogP contribution in [0.3, 0.4) is 0 Å². The summed E-state index contributed by atoms with van der Waals surface area (Å²) in [4.78, 5) is 0. The smallest absolute Gasteiger partial charge is 0.165 e. The summed E-state index contributed by atoms with van der Waals surface area (Å²) in [7, 11) is 1.70. The van der Waals surface area contributed by atoms with E-state index in [4.69, 9.17) is 14.2 Å². The first-order valence-electron chi connectivity index (χ1n) is 9.30. The van der Waals surface area contributed by atoms with Gasteiger partial charge in [0.05, 0.1) is 7.11 Å². The molecule has 2 aromatic rings. The maximum Gasteiger partial charge on any atom is 0.165 e. The third kappa shape index (κ3) is 3.64. The van der Waals surface area contributed by atoms with Gasteiger partial charge in [0.15, 0.2) is 11.5 Å². The number of ether oxygens (including phenoxy) is 3. The lowest BCUT2D eigenvalue weighted by Crippen LogP contribution is -2.47. The van der Waals surface area contributed by atoms with Crippen molar-refractivity contribution in [1.29, 1.82) is 0 Å². The molecule has 26 heavy (non-hydrogen) atoms. The summed E-state index contributed by atoms with van der Waals surface area (Å²) in [5, 5.41) is 7.25. The van der Waals surface area contributed by atoms with Crippen molar-refractivity contribution >= 4 is 0 Å². The number of benzene rings is 2. The molecule has 5 nitrogen and oxygen atoms in total. The van der Waals surface area contributed by atoms with Gasteiger partial charge in [-0.05, 0) is 36.7 Å². The van der Waals surface area contributed by atoms with Crippen molar-refractivity contribution in [3.8, 4) is 17.2 Å². The molecule has 138 valence electrons. The summed E-state index contributed by atoms with van der Waals surface area (Å²) in [5.41, 5.74) is 2.51. The molecule has 2 aromatic carbocycles. The second-order valence-electron chi connectivity index (χ2n) is 6.80. The molecule has 0 aliphatic carbocycles. The van der Waals surface area contributed by atoms with Crippen molar-refractivity contribution < 1.29 is 14.2 Å². The SMILES string of the molecule is COc1ccc(C2CCNCC2NCc2cccc3c2OCCO3)cc1. The number of fused-ring (bicyclic) bond motifs is 1. The molecule has 2 heterocycles. The second kappa shape index (κ2) is 7.98. The van der Waals surface area contributed by atoms with Crippen molar-refractivity contribution in [1.82, 2.24) is 10.6 Å². The highest BCUT2D eigenvalue weighted by atomic mass is 16.6. The fourth-order valence-corrected chi connectivity index (χ4v) is 3.84. The Hall–Kier alpha value is -2.24. The second-order valence-corrected chi connectivity index (χ2v) is 6.80. The first-order chi connectivity index (χ1) is 12.8. The van der Waals surface area contributed by atoms with Gasteiger partial charge in [0, 0.05) is 30.6 Å². The molecular weight excluding hydrogens is 328 g/mol. The van der Waals surface area contributed by atoms with Gasteiger partial charge >= 0.3 is 0 Å². The molecule has 0 aromatic heterocycles. The predicted molar refractivity (Wildman–Crippen MR) is 101 cm³/mol. The topological polar surface area (TPSA) is 51.8 Å². The molecule has 1 fully saturated rings. The van der Waals surface area contributed by atoms with Crippen molar-refractivity contribution in [2.24, 2.45) is 0 Å². The molecule has 0 saturated carbocycles. The maximum absolute atomic E-state index is 5.84. The van der Waals surface area contributed by atoms with Crippen LogP contribution in [0.15, 0.2) is 42.5 Å². The number of methoxy groups -OCH3 is 1. The summed E-state index contributed by atoms with van der Waals surface area (Å²) in [5.74, 6) is 3.12. The quantitative estimate of drug-likeness (QED) is 0.865. The third-order valence-corrected chi connectivity index (χ3v) is 5.23. The molecule has 2 aliphatic heterocycles. The van der Waals surface area contributed by atoms with Crippen LogP contribution >= 0.6 is 0 Å². The van der Waals surface area contributed by atoms with Crippen LogP contribution in [0, 0.1) is 0 Å². The lowest BCUT2D eigenvalue weighted by atomic mass is 9.86. The van der Waals surface area contributed by atoms with E-state index in [1.807, 2.05) is 24.3 Å². The maximum atomic E-state index is 5.84. The fourth-order valence-electron chi connectivity index (χ4n) is 3.84. The Kier molecular flexibility index (Phi) is 5.27. The van der Waals surface area contributed by atoms with E-state index >= 15 is 0 Å². The van der Waals surface area contributed by atoms with Crippen LogP contribution in [-0.4, -0.2) is 39.5 Å². The monoisotopic (exact) mass is 354 g/mol. The molecule has 2 atom stereocenters. The Morgan fingerprint density at radius 1 is 1.12 bits per heavy atom. The molecule has 0 spiro atoms. The van der Waals surface area contributed by atoms with Gasteiger partial charge in [-0.15, -0.1) is 0 Å². The van der Waals surface area contributed by atoms with Crippen molar-refractivity contribution in [3.63, 3.8) is 0 Å². The van der Waals surface area contributed by atoms with Crippen LogP contribution in [0.2, 0.25) is 0 Å². The average Bonchev–Trinajstić information content (AvgIpc) is 2.72. The summed E-state index contributed by atoms with van der Waals surface area (Å²) >= 11 is 0. The zero-order valence-electron chi connectivity index (χ0n) is 15.2. The molecule has 0 radical (unpaired) electrons. The molecular formula is C21H26N2O3. The van der Waals surface area contributed by atoms with E-state index < -0.39 is 0 Å². The van der Waals surface area contributed by atoms with E-state index in [-0.39, 0.29) is 0 Å². The van der Waals surface area contributed by atoms with Gasteiger partial charge in [-0.3, -0.25) is 0 Å². The van der Waals surface area contributed by atoms with Crippen LogP contribution in [0.1, 0.15) is 23.5 Å². The van der Waals surface area contributed by atoms with Crippen molar-refractivity contribution in [3.05, 3.63) is 53.6 Å². The molecule has 5 heteroatoms. The number of hydrogen-bond acceptors (Lipinski definition) is 5. The molecule has 2 aliphatic rings. The van der Waals surface area contributed by atoms with Gasteiger partial charge in [-0.2, -0.15) is 0 Å². The fraction of sp³-hybridized carbons (Fsp3) is 0.429. The normalized spacial score (nSPS) is 22.0. The van der Waals surface area contributed by atoms with Gasteiger partial charge < -0.3 is 24.8 Å². The van der Waals surface area contributed by atoms with E-state index in [9.17, 15) is 0 Å². The van der Waals surface area contributed by atoms with Gasteiger partial charge in [0.1, 0.15) is 19.0 Å². The Labute approximate surface area is 154 Å². The Morgan fingerprint density at radius 3 is 2.81 bits per heavy atom. The van der Waals surface area contributed by atoms with E-state index in [0.29, 0.717) is 25.2 Å². The van der Waals surface area contributed by atoms with Crippen LogP contribution in [0.25, 0.3) is 0 Å². The lowest BCUT2D eigenvalue weighted by Gasteiger charge is -2.34. The Balaban J connectivity index is 1.47. The standard InChI is InChI=1S/C21H26N2O3/c1-24-17-7-5-15(6-8-17)18-9-10-22-14-19(18)23-13-16-3-2-4-20-21(16)26-12-11-25-20/h2-8,18-19,22-23H,9-14H2,1H3. The first kappa shape index (κ1) is 17.2. The minimum atomic E-state index is 0.373. The number of piperidine rings is 1. The molecule has 1 saturated heterocycles. The summed E-state index contributed by atoms with van der Waals surface area (Å²) < 4.78 is 16.8. The minimum absolute atomic E-state index is 0.373. The molecule has 4 rings (SSSR count). The Bertz CT molecular complexity index is 733. The van der Waals surface area contributed by atoms with Gasteiger partial charge in [-0.1, -0.05) is 24.3 Å². The van der Waals surface area contributed by atoms with Crippen LogP contribution in [0.5, 0.6) is 17.2 Å². The minimum Gasteiger partial charge on any atom is -0.497 e. The first-order valence-corrected chi connectivity index (χ1v) is 9.30. The largest absolute Gasteiger partial charge is 0.497 e. The van der Waals surface area contributed by atoms with Gasteiger partial charge in [0.25, 0.3) is 0 Å². The van der Waals surface area contributed by atoms with E-state index in [0.717, 1.165) is 48.9 Å². The molecule has 2 N–H and O–H groups in total. The zero-order valence-corrected chi connectivity index (χ0v) is 15.2. The van der Waals surface area contributed by atoms with Crippen molar-refractivity contribution in [2.75, 3.05) is 33.4 Å².